The fraction of sp³-hybridized carbons (Fsp3) is 0.318. The molecule has 8 heteroatoms. The average Bonchev–Trinajstić information content (AvgIpc) is 3.00. The Hall–Kier alpha value is -3.55. The number of ether oxygens (including phenoxy) is 3. The molecule has 0 aliphatic rings. The monoisotopic (exact) mass is 415 g/mol. The van der Waals surface area contributed by atoms with Gasteiger partial charge in [-0.05, 0) is 57.0 Å². The number of aryl methyl sites for hydroxylation is 1. The smallest absolute Gasteiger partial charge is 0.340 e. The number of ketones is 1. The van der Waals surface area contributed by atoms with Crippen molar-refractivity contribution in [3.8, 4) is 11.5 Å². The summed E-state index contributed by atoms with van der Waals surface area (Å²) in [5.41, 5.74) is 2.07. The fourth-order valence-electron chi connectivity index (χ4n) is 2.94. The van der Waals surface area contributed by atoms with E-state index in [4.69, 9.17) is 14.2 Å². The van der Waals surface area contributed by atoms with Gasteiger partial charge in [-0.3, -0.25) is 4.79 Å². The maximum atomic E-state index is 12.7. The lowest BCUT2D eigenvalue weighted by Gasteiger charge is -2.11. The first-order valence-corrected chi connectivity index (χ1v) is 9.35. The molecule has 1 unspecified atom stereocenters. The minimum atomic E-state index is -1.07. The van der Waals surface area contributed by atoms with Crippen LogP contribution in [0.2, 0.25) is 0 Å². The molecular formula is C22H25NO7. The molecule has 0 aliphatic heterocycles. The maximum Gasteiger partial charge on any atom is 0.340 e. The molecule has 1 aromatic heterocycles. The summed E-state index contributed by atoms with van der Waals surface area (Å²) in [6.07, 6.45) is 1.58. The number of aromatic hydroxyl groups is 1. The van der Waals surface area contributed by atoms with E-state index in [-0.39, 0.29) is 23.8 Å². The van der Waals surface area contributed by atoms with Crippen molar-refractivity contribution in [1.29, 1.82) is 0 Å². The van der Waals surface area contributed by atoms with E-state index in [0.29, 0.717) is 22.4 Å². The highest BCUT2D eigenvalue weighted by molar-refractivity contribution is 6.04. The molecule has 1 heterocycles. The molecular weight excluding hydrogens is 390 g/mol. The lowest BCUT2D eigenvalue weighted by atomic mass is 10.1. The Balaban J connectivity index is 2.09. The predicted molar refractivity (Wildman–Crippen MR) is 110 cm³/mol. The van der Waals surface area contributed by atoms with E-state index in [2.05, 4.69) is 4.98 Å². The zero-order valence-corrected chi connectivity index (χ0v) is 17.6. The minimum absolute atomic E-state index is 0.0183. The van der Waals surface area contributed by atoms with Gasteiger partial charge in [0.1, 0.15) is 0 Å². The molecule has 0 saturated carbocycles. The van der Waals surface area contributed by atoms with Gasteiger partial charge >= 0.3 is 11.9 Å². The summed E-state index contributed by atoms with van der Waals surface area (Å²) in [5.74, 6) is -1.44. The van der Waals surface area contributed by atoms with E-state index >= 15 is 0 Å². The highest BCUT2D eigenvalue weighted by Crippen LogP contribution is 2.26. The van der Waals surface area contributed by atoms with E-state index in [1.807, 2.05) is 0 Å². The Bertz CT molecular complexity index is 988. The summed E-state index contributed by atoms with van der Waals surface area (Å²) in [6.45, 7) is 6.68. The zero-order valence-electron chi connectivity index (χ0n) is 17.6. The number of aromatic nitrogens is 1. The van der Waals surface area contributed by atoms with Crippen LogP contribution in [0.1, 0.15) is 51.5 Å². The molecule has 1 atom stereocenters. The minimum Gasteiger partial charge on any atom is -0.504 e. The number of nitrogens with one attached hydrogen (secondary N) is 1. The second-order valence-corrected chi connectivity index (χ2v) is 6.55. The number of Topliss-reactive ketones (excluding diaryl/α,β-unsaturated/α-hetero) is 1. The number of rotatable bonds is 8. The maximum absolute atomic E-state index is 12.7. The third-order valence-electron chi connectivity index (χ3n) is 4.44. The van der Waals surface area contributed by atoms with Crippen molar-refractivity contribution in [2.24, 2.45) is 0 Å². The van der Waals surface area contributed by atoms with Crippen molar-refractivity contribution in [3.05, 3.63) is 52.4 Å². The van der Waals surface area contributed by atoms with Crippen LogP contribution >= 0.6 is 0 Å². The number of H-pyrrole nitrogens is 1. The summed E-state index contributed by atoms with van der Waals surface area (Å²) in [4.78, 5) is 39.8. The summed E-state index contributed by atoms with van der Waals surface area (Å²) < 4.78 is 15.2. The number of carbonyl (C=O) groups excluding carboxylic acids is 3. The van der Waals surface area contributed by atoms with Gasteiger partial charge in [-0.2, -0.15) is 0 Å². The molecule has 0 bridgehead atoms. The molecule has 160 valence electrons. The molecule has 0 aliphatic carbocycles. The third kappa shape index (κ3) is 5.08. The number of benzene rings is 1. The van der Waals surface area contributed by atoms with Crippen LogP contribution in [0.5, 0.6) is 11.5 Å². The number of aromatic amines is 1. The molecule has 0 radical (unpaired) electrons. The Morgan fingerprint density at radius 2 is 1.93 bits per heavy atom. The Kier molecular flexibility index (Phi) is 7.41. The van der Waals surface area contributed by atoms with Crippen LogP contribution in [0.4, 0.5) is 0 Å². The number of hydrogen-bond acceptors (Lipinski definition) is 7. The van der Waals surface area contributed by atoms with Crippen LogP contribution in [-0.4, -0.2) is 47.6 Å². The molecule has 0 saturated heterocycles. The Morgan fingerprint density at radius 1 is 1.23 bits per heavy atom. The summed E-state index contributed by atoms with van der Waals surface area (Å²) in [5, 5.41) is 9.60. The normalized spacial score (nSPS) is 11.9. The first-order chi connectivity index (χ1) is 14.2. The van der Waals surface area contributed by atoms with Crippen LogP contribution in [-0.2, 0) is 14.3 Å². The average molecular weight is 415 g/mol. The summed E-state index contributed by atoms with van der Waals surface area (Å²) >= 11 is 0. The van der Waals surface area contributed by atoms with E-state index < -0.39 is 23.8 Å². The molecule has 0 spiro atoms. The van der Waals surface area contributed by atoms with Crippen molar-refractivity contribution in [1.82, 2.24) is 4.98 Å². The molecule has 0 amide bonds. The molecule has 0 fully saturated rings. The topological polar surface area (TPSA) is 115 Å². The Morgan fingerprint density at radius 3 is 2.57 bits per heavy atom. The van der Waals surface area contributed by atoms with Gasteiger partial charge in [-0.25, -0.2) is 9.59 Å². The molecule has 2 aromatic rings. The summed E-state index contributed by atoms with van der Waals surface area (Å²) in [6, 6.07) is 4.58. The van der Waals surface area contributed by atoms with Crippen LogP contribution in [0, 0.1) is 13.8 Å². The van der Waals surface area contributed by atoms with E-state index in [9.17, 15) is 19.5 Å². The number of esters is 2. The van der Waals surface area contributed by atoms with Crippen LogP contribution < -0.4 is 4.74 Å². The first kappa shape index (κ1) is 22.7. The molecule has 8 nitrogen and oxygen atoms in total. The van der Waals surface area contributed by atoms with Crippen molar-refractivity contribution < 1.29 is 33.7 Å². The van der Waals surface area contributed by atoms with Gasteiger partial charge in [0, 0.05) is 11.8 Å². The number of phenolic OH excluding ortho intramolecular Hbond substituents is 1. The van der Waals surface area contributed by atoms with Crippen molar-refractivity contribution in [2.45, 2.75) is 33.8 Å². The standard InChI is InChI=1S/C22H25NO7/c1-6-29-22(27)19-12(2)20(23-13(19)3)21(26)14(4)30-18(25)10-8-15-7-9-16(24)17(11-15)28-5/h7-11,14,23-24H,6H2,1-5H3/b10-8+. The Labute approximate surface area is 174 Å². The largest absolute Gasteiger partial charge is 0.504 e. The van der Waals surface area contributed by atoms with Gasteiger partial charge in [-0.1, -0.05) is 6.07 Å². The van der Waals surface area contributed by atoms with Gasteiger partial charge in [0.2, 0.25) is 5.78 Å². The zero-order chi connectivity index (χ0) is 22.4. The molecule has 2 rings (SSSR count). The highest BCUT2D eigenvalue weighted by atomic mass is 16.5. The van der Waals surface area contributed by atoms with Crippen molar-refractivity contribution in [3.63, 3.8) is 0 Å². The quantitative estimate of drug-likeness (QED) is 0.386. The SMILES string of the molecule is CCOC(=O)c1c(C)[nH]c(C(=O)C(C)OC(=O)/C=C/c2ccc(O)c(OC)c2)c1C. The number of carbonyl (C=O) groups is 3. The lowest BCUT2D eigenvalue weighted by molar-refractivity contribution is -0.140. The lowest BCUT2D eigenvalue weighted by Crippen LogP contribution is -2.24. The predicted octanol–water partition coefficient (Wildman–Crippen LogP) is 3.35. The van der Waals surface area contributed by atoms with Crippen molar-refractivity contribution >= 4 is 23.8 Å². The van der Waals surface area contributed by atoms with E-state index in [1.54, 1.807) is 32.9 Å². The second kappa shape index (κ2) is 9.78. The van der Waals surface area contributed by atoms with E-state index in [0.717, 1.165) is 0 Å². The first-order valence-electron chi connectivity index (χ1n) is 9.35. The molecule has 30 heavy (non-hydrogen) atoms. The summed E-state index contributed by atoms with van der Waals surface area (Å²) in [7, 11) is 1.42. The van der Waals surface area contributed by atoms with Gasteiger partial charge < -0.3 is 24.3 Å². The number of hydrogen-bond donors (Lipinski definition) is 2. The molecule has 2 N–H and O–H groups in total. The van der Waals surface area contributed by atoms with Gasteiger partial charge in [0.05, 0.1) is 25.0 Å². The number of phenols is 1. The van der Waals surface area contributed by atoms with Gasteiger partial charge in [0.15, 0.2) is 17.6 Å². The van der Waals surface area contributed by atoms with Gasteiger partial charge in [-0.15, -0.1) is 0 Å². The van der Waals surface area contributed by atoms with Crippen molar-refractivity contribution in [2.75, 3.05) is 13.7 Å². The van der Waals surface area contributed by atoms with Crippen LogP contribution in [0.25, 0.3) is 6.08 Å². The van der Waals surface area contributed by atoms with E-state index in [1.165, 1.54) is 32.3 Å². The number of methoxy groups -OCH3 is 1. The highest BCUT2D eigenvalue weighted by Gasteiger charge is 2.27. The van der Waals surface area contributed by atoms with Gasteiger partial charge in [0.25, 0.3) is 0 Å². The van der Waals surface area contributed by atoms with Crippen LogP contribution in [0.15, 0.2) is 24.3 Å². The van der Waals surface area contributed by atoms with Crippen LogP contribution in [0.3, 0.4) is 0 Å². The third-order valence-corrected chi connectivity index (χ3v) is 4.44. The molecule has 1 aromatic carbocycles. The second-order valence-electron chi connectivity index (χ2n) is 6.55. The fourth-order valence-corrected chi connectivity index (χ4v) is 2.94.